The molecular formula is C21H31Cl2N5O5S. The molecule has 2 fully saturated rings. The van der Waals surface area contributed by atoms with Crippen molar-refractivity contribution >= 4 is 46.3 Å². The van der Waals surface area contributed by atoms with Crippen molar-refractivity contribution in [2.75, 3.05) is 33.2 Å². The molecule has 3 rings (SSSR count). The smallest absolute Gasteiger partial charge is 0.407 e. The van der Waals surface area contributed by atoms with Gasteiger partial charge in [-0.15, -0.1) is 4.41 Å². The van der Waals surface area contributed by atoms with E-state index < -0.39 is 23.4 Å². The zero-order valence-corrected chi connectivity index (χ0v) is 21.6. The van der Waals surface area contributed by atoms with E-state index in [4.69, 9.17) is 23.2 Å². The zero-order valence-electron chi connectivity index (χ0n) is 19.3. The highest BCUT2D eigenvalue weighted by Gasteiger charge is 2.44. The Balaban J connectivity index is 1.88. The van der Waals surface area contributed by atoms with Crippen LogP contribution in [0.4, 0.5) is 4.79 Å². The number of hydrogen-bond acceptors (Lipinski definition) is 6. The van der Waals surface area contributed by atoms with E-state index in [1.807, 2.05) is 19.1 Å². The Morgan fingerprint density at radius 2 is 2.03 bits per heavy atom. The first kappa shape index (κ1) is 27.3. The molecule has 1 amide bonds. The monoisotopic (exact) mass is 535 g/mol. The summed E-state index contributed by atoms with van der Waals surface area (Å²) in [4.78, 5) is 28.1. The highest BCUT2D eigenvalue weighted by atomic mass is 35.5. The number of carbonyl (C=O) groups is 2. The van der Waals surface area contributed by atoms with Gasteiger partial charge in [-0.2, -0.15) is 0 Å². The minimum atomic E-state index is -2.19. The Hall–Kier alpha value is -1.31. The summed E-state index contributed by atoms with van der Waals surface area (Å²) in [5.41, 5.74) is 3.92. The van der Waals surface area contributed by atoms with Crippen molar-refractivity contribution in [3.8, 4) is 0 Å². The van der Waals surface area contributed by atoms with Crippen LogP contribution in [-0.4, -0.2) is 97.4 Å². The van der Waals surface area contributed by atoms with Gasteiger partial charge < -0.3 is 15.3 Å². The summed E-state index contributed by atoms with van der Waals surface area (Å²) < 4.78 is 21.8. The van der Waals surface area contributed by atoms with Crippen LogP contribution in [0.1, 0.15) is 31.7 Å². The molecule has 0 radical (unpaired) electrons. The molecule has 2 heterocycles. The molecule has 10 nitrogen and oxygen atoms in total. The van der Waals surface area contributed by atoms with E-state index in [0.29, 0.717) is 36.1 Å². The maximum absolute atomic E-state index is 12.9. The van der Waals surface area contributed by atoms with Crippen molar-refractivity contribution in [3.63, 3.8) is 0 Å². The standard InChI is InChI=1S/C21H31Cl2N5O5S/c1-12-8-24-19(11-27(12)21(30)31)20(13(2)29)28-10-15(14-4-5-17(22)18(23)7-14)6-16(28)9-25-26(3)34(32)33/h4-5,7,12,15-16,19-20,24-25H,6,8-11H2,1-3H3,(H,30,31)(H,32,33)/t12?,15?,16-,19-,20?/m1/s1. The number of Topliss-reactive ketones (excluding diaryl/α,β-unsaturated/α-hetero) is 1. The number of carbonyl (C=O) groups excluding carboxylic acids is 1. The maximum atomic E-state index is 12.9. The predicted octanol–water partition coefficient (Wildman–Crippen LogP) is 2.02. The summed E-state index contributed by atoms with van der Waals surface area (Å²) >= 11 is 10.1. The van der Waals surface area contributed by atoms with Gasteiger partial charge in [0, 0.05) is 51.4 Å². The molecule has 0 aliphatic carbocycles. The topological polar surface area (TPSA) is 125 Å². The third-order valence-electron chi connectivity index (χ3n) is 6.66. The van der Waals surface area contributed by atoms with Gasteiger partial charge in [-0.05, 0) is 43.9 Å². The van der Waals surface area contributed by atoms with E-state index in [1.165, 1.54) is 18.9 Å². The van der Waals surface area contributed by atoms with Gasteiger partial charge in [-0.1, -0.05) is 29.3 Å². The first-order valence-corrected chi connectivity index (χ1v) is 12.8. The van der Waals surface area contributed by atoms with Crippen molar-refractivity contribution in [2.24, 2.45) is 0 Å². The minimum Gasteiger partial charge on any atom is -0.465 e. The van der Waals surface area contributed by atoms with Crippen LogP contribution in [0.5, 0.6) is 0 Å². The third kappa shape index (κ3) is 6.27. The van der Waals surface area contributed by atoms with E-state index in [9.17, 15) is 23.5 Å². The lowest BCUT2D eigenvalue weighted by molar-refractivity contribution is -0.124. The van der Waals surface area contributed by atoms with E-state index >= 15 is 0 Å². The average Bonchev–Trinajstić information content (AvgIpc) is 3.18. The number of nitrogens with one attached hydrogen (secondary N) is 2. The SMILES string of the molecule is CC(=O)C([C@H]1CN(C(=O)O)C(C)CN1)N1CC(c2ccc(Cl)c(Cl)c2)C[C@@H]1CNN(C)S(=O)O. The normalized spacial score (nSPS) is 27.7. The average molecular weight is 536 g/mol. The van der Waals surface area contributed by atoms with Crippen LogP contribution in [0, 0.1) is 0 Å². The Morgan fingerprint density at radius 3 is 2.62 bits per heavy atom. The number of piperazine rings is 1. The largest absolute Gasteiger partial charge is 0.465 e. The molecule has 0 spiro atoms. The van der Waals surface area contributed by atoms with Crippen molar-refractivity contribution in [3.05, 3.63) is 33.8 Å². The summed E-state index contributed by atoms with van der Waals surface area (Å²) in [6, 6.07) is 4.18. The van der Waals surface area contributed by atoms with E-state index in [-0.39, 0.29) is 36.4 Å². The zero-order chi connectivity index (χ0) is 25.2. The fourth-order valence-electron chi connectivity index (χ4n) is 4.89. The molecule has 4 N–H and O–H groups in total. The van der Waals surface area contributed by atoms with Gasteiger partial charge in [0.05, 0.1) is 16.1 Å². The number of likely N-dealkylation sites (tertiary alicyclic amines) is 1. The molecule has 0 bridgehead atoms. The number of hydrogen-bond donors (Lipinski definition) is 4. The Morgan fingerprint density at radius 1 is 1.32 bits per heavy atom. The highest BCUT2D eigenvalue weighted by Crippen LogP contribution is 2.36. The summed E-state index contributed by atoms with van der Waals surface area (Å²) in [6.07, 6.45) is -0.339. The van der Waals surface area contributed by atoms with Crippen LogP contribution in [0.15, 0.2) is 18.2 Å². The maximum Gasteiger partial charge on any atom is 0.407 e. The third-order valence-corrected chi connectivity index (χ3v) is 7.99. The molecule has 4 unspecified atom stereocenters. The van der Waals surface area contributed by atoms with Crippen LogP contribution in [-0.2, 0) is 16.1 Å². The van der Waals surface area contributed by atoms with Gasteiger partial charge in [0.25, 0.3) is 0 Å². The van der Waals surface area contributed by atoms with Crippen molar-refractivity contribution in [1.29, 1.82) is 0 Å². The molecule has 13 heteroatoms. The van der Waals surface area contributed by atoms with E-state index in [0.717, 1.165) is 9.98 Å². The summed E-state index contributed by atoms with van der Waals surface area (Å²) in [7, 11) is 1.46. The molecule has 2 saturated heterocycles. The number of ketones is 1. The van der Waals surface area contributed by atoms with Gasteiger partial charge in [-0.3, -0.25) is 14.2 Å². The predicted molar refractivity (Wildman–Crippen MR) is 131 cm³/mol. The Kier molecular flexibility index (Phi) is 9.32. The number of rotatable bonds is 8. The van der Waals surface area contributed by atoms with Crippen LogP contribution in [0.2, 0.25) is 10.0 Å². The van der Waals surface area contributed by atoms with Gasteiger partial charge in [-0.25, -0.2) is 14.4 Å². The lowest BCUT2D eigenvalue weighted by Crippen LogP contribution is -2.66. The lowest BCUT2D eigenvalue weighted by atomic mass is 9.96. The summed E-state index contributed by atoms with van der Waals surface area (Å²) in [6.45, 7) is 4.85. The van der Waals surface area contributed by atoms with Crippen LogP contribution in [0.3, 0.4) is 0 Å². The second kappa shape index (κ2) is 11.6. The number of halogens is 2. The van der Waals surface area contributed by atoms with Gasteiger partial charge in [0.15, 0.2) is 0 Å². The fraction of sp³-hybridized carbons (Fsp3) is 0.619. The molecule has 34 heavy (non-hydrogen) atoms. The molecule has 0 aromatic heterocycles. The first-order chi connectivity index (χ1) is 16.0. The van der Waals surface area contributed by atoms with Crippen molar-refractivity contribution < 1.29 is 23.5 Å². The molecule has 0 saturated carbocycles. The number of nitrogens with zero attached hydrogens (tertiary/aromatic N) is 3. The molecule has 2 aliphatic heterocycles. The van der Waals surface area contributed by atoms with Crippen molar-refractivity contribution in [1.82, 2.24) is 25.0 Å². The van der Waals surface area contributed by atoms with E-state index in [1.54, 1.807) is 6.07 Å². The molecule has 1 aromatic rings. The molecule has 1 aromatic carbocycles. The molecule has 6 atom stereocenters. The quantitative estimate of drug-likeness (QED) is 0.294. The lowest BCUT2D eigenvalue weighted by Gasteiger charge is -2.43. The molecule has 190 valence electrons. The Labute approximate surface area is 211 Å². The number of hydrazine groups is 1. The van der Waals surface area contributed by atoms with Crippen molar-refractivity contribution in [2.45, 2.75) is 50.4 Å². The first-order valence-electron chi connectivity index (χ1n) is 11.0. The van der Waals surface area contributed by atoms with Gasteiger partial charge in [0.2, 0.25) is 11.3 Å². The van der Waals surface area contributed by atoms with Crippen LogP contribution < -0.4 is 10.7 Å². The van der Waals surface area contributed by atoms with Gasteiger partial charge in [0.1, 0.15) is 5.78 Å². The second-order valence-electron chi connectivity index (χ2n) is 8.90. The molecular weight excluding hydrogens is 505 g/mol. The summed E-state index contributed by atoms with van der Waals surface area (Å²) in [5, 5.41) is 13.9. The molecule has 2 aliphatic rings. The highest BCUT2D eigenvalue weighted by molar-refractivity contribution is 7.76. The van der Waals surface area contributed by atoms with Gasteiger partial charge >= 0.3 is 6.09 Å². The number of amides is 1. The Bertz CT molecular complexity index is 941. The second-order valence-corrected chi connectivity index (χ2v) is 10.7. The minimum absolute atomic E-state index is 0.0476. The number of benzene rings is 1. The van der Waals surface area contributed by atoms with E-state index in [2.05, 4.69) is 15.6 Å². The van der Waals surface area contributed by atoms with Crippen LogP contribution >= 0.6 is 23.2 Å². The summed E-state index contributed by atoms with van der Waals surface area (Å²) in [5.74, 6) is -0.0253. The fourth-order valence-corrected chi connectivity index (χ4v) is 5.39. The number of carboxylic acid groups (broad SMARTS) is 1. The van der Waals surface area contributed by atoms with Crippen LogP contribution in [0.25, 0.3) is 0 Å².